The highest BCUT2D eigenvalue weighted by atomic mass is 127. The number of halogens is 1. The molecule has 0 saturated carbocycles. The number of morpholine rings is 1. The first-order valence-electron chi connectivity index (χ1n) is 10.3. The first kappa shape index (κ1) is 26.2. The fraction of sp³-hybridized carbons (Fsp3) is 0.750. The van der Waals surface area contributed by atoms with Crippen LogP contribution < -0.4 is 10.6 Å². The Hall–Kier alpha value is -0.880. The lowest BCUT2D eigenvalue weighted by Gasteiger charge is -2.25. The van der Waals surface area contributed by atoms with Crippen LogP contribution in [0.2, 0.25) is 0 Å². The molecule has 0 spiro atoms. The molecule has 1 aromatic rings. The van der Waals surface area contributed by atoms with Gasteiger partial charge in [-0.3, -0.25) is 9.89 Å². The van der Waals surface area contributed by atoms with Gasteiger partial charge in [0.2, 0.25) is 0 Å². The molecule has 1 aliphatic rings. The minimum atomic E-state index is 0. The van der Waals surface area contributed by atoms with E-state index in [9.17, 15) is 0 Å². The van der Waals surface area contributed by atoms with E-state index in [1.807, 2.05) is 12.1 Å². The summed E-state index contributed by atoms with van der Waals surface area (Å²) in [7, 11) is 3.88. The summed E-state index contributed by atoms with van der Waals surface area (Å²) >= 11 is 0. The summed E-state index contributed by atoms with van der Waals surface area (Å²) in [4.78, 5) is 9.46. The van der Waals surface area contributed by atoms with Crippen LogP contribution in [-0.4, -0.2) is 102 Å². The van der Waals surface area contributed by atoms with E-state index in [1.54, 1.807) is 13.4 Å². The predicted octanol–water partition coefficient (Wildman–Crippen LogP) is 1.28. The van der Waals surface area contributed by atoms with Crippen LogP contribution in [0.5, 0.6) is 0 Å². The van der Waals surface area contributed by atoms with Gasteiger partial charge in [0.15, 0.2) is 5.96 Å². The van der Waals surface area contributed by atoms with E-state index in [1.165, 1.54) is 0 Å². The number of guanidine groups is 1. The van der Waals surface area contributed by atoms with Crippen molar-refractivity contribution in [3.8, 4) is 0 Å². The molecule has 1 fully saturated rings. The first-order chi connectivity index (χ1) is 13.8. The van der Waals surface area contributed by atoms with E-state index in [-0.39, 0.29) is 24.0 Å². The molecule has 0 bridgehead atoms. The molecule has 2 rings (SSSR count). The zero-order chi connectivity index (χ0) is 19.9. The van der Waals surface area contributed by atoms with Gasteiger partial charge in [0.25, 0.3) is 0 Å². The van der Waals surface area contributed by atoms with Crippen molar-refractivity contribution in [3.05, 3.63) is 24.2 Å². The molecule has 8 nitrogen and oxygen atoms in total. The van der Waals surface area contributed by atoms with Crippen LogP contribution in [0.15, 0.2) is 27.8 Å². The molecule has 168 valence electrons. The Morgan fingerprint density at radius 3 is 2.76 bits per heavy atom. The highest BCUT2D eigenvalue weighted by Gasteiger charge is 2.09. The van der Waals surface area contributed by atoms with Crippen molar-refractivity contribution >= 4 is 29.9 Å². The van der Waals surface area contributed by atoms with Crippen LogP contribution in [0.25, 0.3) is 0 Å². The Morgan fingerprint density at radius 1 is 1.24 bits per heavy atom. The SMILES string of the molecule is COCCCN(C)CCNC(=NCCN1CCOCC1)NCCc1ccco1.I. The number of aliphatic imine (C=N–C) groups is 1. The highest BCUT2D eigenvalue weighted by molar-refractivity contribution is 14.0. The molecule has 0 unspecified atom stereocenters. The minimum Gasteiger partial charge on any atom is -0.469 e. The van der Waals surface area contributed by atoms with Crippen LogP contribution in [0.4, 0.5) is 0 Å². The lowest BCUT2D eigenvalue weighted by Crippen LogP contribution is -2.43. The third-order valence-corrected chi connectivity index (χ3v) is 4.71. The summed E-state index contributed by atoms with van der Waals surface area (Å²) in [6.07, 6.45) is 3.60. The number of nitrogens with one attached hydrogen (secondary N) is 2. The minimum absolute atomic E-state index is 0. The van der Waals surface area contributed by atoms with E-state index in [4.69, 9.17) is 18.9 Å². The Kier molecular flexibility index (Phi) is 15.2. The molecule has 9 heteroatoms. The Bertz CT molecular complexity index is 524. The maximum Gasteiger partial charge on any atom is 0.191 e. The van der Waals surface area contributed by atoms with E-state index < -0.39 is 0 Å². The van der Waals surface area contributed by atoms with Gasteiger partial charge in [-0.1, -0.05) is 0 Å². The maximum absolute atomic E-state index is 5.40. The van der Waals surface area contributed by atoms with Crippen molar-refractivity contribution in [2.24, 2.45) is 4.99 Å². The molecular formula is C20H38IN5O3. The molecule has 0 amide bonds. The second-order valence-electron chi connectivity index (χ2n) is 7.02. The van der Waals surface area contributed by atoms with Gasteiger partial charge in [-0.2, -0.15) is 0 Å². The Balaban J connectivity index is 0.00000420. The highest BCUT2D eigenvalue weighted by Crippen LogP contribution is 1.99. The molecule has 0 atom stereocenters. The zero-order valence-corrected chi connectivity index (χ0v) is 20.2. The molecule has 0 radical (unpaired) electrons. The van der Waals surface area contributed by atoms with Gasteiger partial charge < -0.3 is 29.4 Å². The summed E-state index contributed by atoms with van der Waals surface area (Å²) in [5, 5.41) is 6.87. The second-order valence-corrected chi connectivity index (χ2v) is 7.02. The predicted molar refractivity (Wildman–Crippen MR) is 127 cm³/mol. The number of methoxy groups -OCH3 is 1. The van der Waals surface area contributed by atoms with Gasteiger partial charge in [-0.05, 0) is 25.6 Å². The molecule has 0 aliphatic carbocycles. The fourth-order valence-electron chi connectivity index (χ4n) is 3.02. The van der Waals surface area contributed by atoms with Gasteiger partial charge in [0.1, 0.15) is 5.76 Å². The average Bonchev–Trinajstić information content (AvgIpc) is 3.22. The monoisotopic (exact) mass is 523 g/mol. The van der Waals surface area contributed by atoms with E-state index in [0.29, 0.717) is 0 Å². The van der Waals surface area contributed by atoms with Crippen LogP contribution >= 0.6 is 24.0 Å². The van der Waals surface area contributed by atoms with E-state index in [0.717, 1.165) is 96.7 Å². The van der Waals surface area contributed by atoms with Crippen molar-refractivity contribution in [3.63, 3.8) is 0 Å². The van der Waals surface area contributed by atoms with E-state index >= 15 is 0 Å². The summed E-state index contributed by atoms with van der Waals surface area (Å²) in [5.41, 5.74) is 0. The van der Waals surface area contributed by atoms with Crippen molar-refractivity contribution in [2.45, 2.75) is 12.8 Å². The van der Waals surface area contributed by atoms with Crippen LogP contribution in [0.3, 0.4) is 0 Å². The Morgan fingerprint density at radius 2 is 2.03 bits per heavy atom. The number of likely N-dealkylation sites (N-methyl/N-ethyl adjacent to an activating group) is 1. The Labute approximate surface area is 192 Å². The number of rotatable bonds is 13. The van der Waals surface area contributed by atoms with E-state index in [2.05, 4.69) is 27.5 Å². The summed E-state index contributed by atoms with van der Waals surface area (Å²) in [6, 6.07) is 3.92. The van der Waals surface area contributed by atoms with Gasteiger partial charge >= 0.3 is 0 Å². The molecule has 1 aliphatic heterocycles. The van der Waals surface area contributed by atoms with Gasteiger partial charge in [0, 0.05) is 66.0 Å². The van der Waals surface area contributed by atoms with Crippen LogP contribution in [0.1, 0.15) is 12.2 Å². The molecule has 2 N–H and O–H groups in total. The summed E-state index contributed by atoms with van der Waals surface area (Å²) in [6.45, 7) is 9.83. The number of hydrogen-bond acceptors (Lipinski definition) is 6. The quantitative estimate of drug-likeness (QED) is 0.175. The maximum atomic E-state index is 5.40. The molecule has 1 saturated heterocycles. The van der Waals surface area contributed by atoms with Crippen LogP contribution in [0, 0.1) is 0 Å². The van der Waals surface area contributed by atoms with Crippen molar-refractivity contribution in [1.82, 2.24) is 20.4 Å². The fourth-order valence-corrected chi connectivity index (χ4v) is 3.02. The third-order valence-electron chi connectivity index (χ3n) is 4.71. The first-order valence-corrected chi connectivity index (χ1v) is 10.3. The lowest BCUT2D eigenvalue weighted by molar-refractivity contribution is 0.0394. The van der Waals surface area contributed by atoms with Crippen molar-refractivity contribution in [2.75, 3.05) is 86.3 Å². The number of nitrogens with zero attached hydrogens (tertiary/aromatic N) is 3. The molecule has 1 aromatic heterocycles. The zero-order valence-electron chi connectivity index (χ0n) is 17.9. The standard InChI is InChI=1S/C20H37N5O3.HI/c1-24(10-4-15-26-2)11-8-22-20(21-7-6-19-5-3-16-28-19)23-9-12-25-13-17-27-18-14-25;/h3,5,16H,4,6-15,17-18H2,1-2H3,(H2,21,22,23);1H. The largest absolute Gasteiger partial charge is 0.469 e. The third kappa shape index (κ3) is 12.4. The summed E-state index contributed by atoms with van der Waals surface area (Å²) < 4.78 is 15.9. The normalized spacial score (nSPS) is 15.3. The van der Waals surface area contributed by atoms with Crippen LogP contribution in [-0.2, 0) is 15.9 Å². The topological polar surface area (TPSA) is 74.5 Å². The van der Waals surface area contributed by atoms with Crippen molar-refractivity contribution in [1.29, 1.82) is 0 Å². The smallest absolute Gasteiger partial charge is 0.191 e. The average molecular weight is 523 g/mol. The molecule has 0 aromatic carbocycles. The van der Waals surface area contributed by atoms with Gasteiger partial charge in [0.05, 0.1) is 26.0 Å². The van der Waals surface area contributed by atoms with Gasteiger partial charge in [-0.25, -0.2) is 0 Å². The molecular weight excluding hydrogens is 485 g/mol. The van der Waals surface area contributed by atoms with Gasteiger partial charge in [-0.15, -0.1) is 24.0 Å². The molecule has 2 heterocycles. The number of ether oxygens (including phenoxy) is 2. The second kappa shape index (κ2) is 16.9. The number of hydrogen-bond donors (Lipinski definition) is 2. The van der Waals surface area contributed by atoms with Crippen molar-refractivity contribution < 1.29 is 13.9 Å². The number of furan rings is 1. The summed E-state index contributed by atoms with van der Waals surface area (Å²) in [5.74, 6) is 1.85. The molecule has 29 heavy (non-hydrogen) atoms. The lowest BCUT2D eigenvalue weighted by atomic mass is 10.3.